The predicted octanol–water partition coefficient (Wildman–Crippen LogP) is 5.18. The van der Waals surface area contributed by atoms with Gasteiger partial charge in [-0.15, -0.1) is 0 Å². The van der Waals surface area contributed by atoms with Crippen molar-refractivity contribution in [1.82, 2.24) is 4.90 Å². The second kappa shape index (κ2) is 8.21. The van der Waals surface area contributed by atoms with Crippen molar-refractivity contribution in [1.29, 1.82) is 0 Å². The average molecular weight is 364 g/mol. The molecule has 0 aliphatic carbocycles. The Labute approximate surface area is 153 Å². The number of halogens is 2. The highest BCUT2D eigenvalue weighted by atomic mass is 35.5. The van der Waals surface area contributed by atoms with E-state index in [-0.39, 0.29) is 5.75 Å². The quantitative estimate of drug-likeness (QED) is 0.523. The summed E-state index contributed by atoms with van der Waals surface area (Å²) < 4.78 is 19.0. The van der Waals surface area contributed by atoms with Crippen LogP contribution in [0.1, 0.15) is 12.5 Å². The molecule has 0 N–H and O–H groups in total. The van der Waals surface area contributed by atoms with Crippen molar-refractivity contribution in [3.8, 4) is 5.75 Å². The number of methoxy groups -OCH3 is 1. The maximum absolute atomic E-state index is 14.0. The Morgan fingerprint density at radius 2 is 1.96 bits per heavy atom. The van der Waals surface area contributed by atoms with E-state index < -0.39 is 5.82 Å². The summed E-state index contributed by atoms with van der Waals surface area (Å²) in [6.45, 7) is 4.87. The summed E-state index contributed by atoms with van der Waals surface area (Å²) in [7, 11) is 5.23. The second-order valence-corrected chi connectivity index (χ2v) is 6.19. The first-order chi connectivity index (χ1) is 11.9. The van der Waals surface area contributed by atoms with Gasteiger partial charge in [0.2, 0.25) is 0 Å². The molecule has 0 unspecified atom stereocenters. The summed E-state index contributed by atoms with van der Waals surface area (Å²) in [5.74, 6) is -0.209. The molecule has 0 spiro atoms. The largest absolute Gasteiger partial charge is 0.494 e. The van der Waals surface area contributed by atoms with Gasteiger partial charge >= 0.3 is 0 Å². The minimum Gasteiger partial charge on any atom is -0.494 e. The van der Waals surface area contributed by atoms with Crippen molar-refractivity contribution in [3.05, 3.63) is 46.7 Å². The molecule has 4 nitrogen and oxygen atoms in total. The third-order valence-corrected chi connectivity index (χ3v) is 4.34. The van der Waals surface area contributed by atoms with Gasteiger partial charge in [0.05, 0.1) is 29.8 Å². The standard InChI is InChI=1S/C19H23ClFN3O/c1-6-23(3)12-22-16-9-13(2)10-17(19(16)20)24(4)14-7-8-18(25-5)15(21)11-14/h7-12H,6H2,1-5H3/b22-12-. The van der Waals surface area contributed by atoms with Gasteiger partial charge in [0.15, 0.2) is 11.6 Å². The third kappa shape index (κ3) is 4.42. The molecular formula is C19H23ClFN3O. The zero-order valence-corrected chi connectivity index (χ0v) is 15.9. The Kier molecular flexibility index (Phi) is 6.26. The molecule has 25 heavy (non-hydrogen) atoms. The second-order valence-electron chi connectivity index (χ2n) is 5.81. The highest BCUT2D eigenvalue weighted by molar-refractivity contribution is 6.36. The van der Waals surface area contributed by atoms with Crippen LogP contribution in [0.3, 0.4) is 0 Å². The van der Waals surface area contributed by atoms with Crippen LogP contribution in [0.15, 0.2) is 35.3 Å². The van der Waals surface area contributed by atoms with Gasteiger partial charge in [-0.05, 0) is 43.7 Å². The van der Waals surface area contributed by atoms with Crippen LogP contribution in [-0.4, -0.2) is 39.0 Å². The van der Waals surface area contributed by atoms with E-state index in [1.165, 1.54) is 13.2 Å². The Hall–Kier alpha value is -2.27. The number of rotatable bonds is 6. The predicted molar refractivity (Wildman–Crippen MR) is 104 cm³/mol. The molecule has 0 radical (unpaired) electrons. The van der Waals surface area contributed by atoms with Gasteiger partial charge in [-0.3, -0.25) is 0 Å². The van der Waals surface area contributed by atoms with Crippen LogP contribution in [0.25, 0.3) is 0 Å². The lowest BCUT2D eigenvalue weighted by atomic mass is 10.1. The number of aliphatic imine (C=N–C) groups is 1. The van der Waals surface area contributed by atoms with E-state index in [1.807, 2.05) is 49.9 Å². The SMILES string of the molecule is CCN(C)/C=N\c1cc(C)cc(N(C)c2ccc(OC)c(F)c2)c1Cl. The van der Waals surface area contributed by atoms with E-state index in [0.717, 1.165) is 17.8 Å². The number of nitrogens with zero attached hydrogens (tertiary/aromatic N) is 3. The monoisotopic (exact) mass is 363 g/mol. The van der Waals surface area contributed by atoms with E-state index >= 15 is 0 Å². The number of benzene rings is 2. The molecule has 2 aromatic carbocycles. The van der Waals surface area contributed by atoms with Crippen LogP contribution >= 0.6 is 11.6 Å². The molecular weight excluding hydrogens is 341 g/mol. The fourth-order valence-corrected chi connectivity index (χ4v) is 2.60. The number of aryl methyl sites for hydroxylation is 1. The lowest BCUT2D eigenvalue weighted by Crippen LogP contribution is -2.14. The summed E-state index contributed by atoms with van der Waals surface area (Å²) >= 11 is 6.56. The van der Waals surface area contributed by atoms with Crippen molar-refractivity contribution in [3.63, 3.8) is 0 Å². The maximum Gasteiger partial charge on any atom is 0.167 e. The van der Waals surface area contributed by atoms with Crippen molar-refractivity contribution in [2.75, 3.05) is 32.6 Å². The minimum absolute atomic E-state index is 0.209. The van der Waals surface area contributed by atoms with E-state index in [1.54, 1.807) is 18.5 Å². The zero-order valence-electron chi connectivity index (χ0n) is 15.2. The molecule has 0 atom stereocenters. The van der Waals surface area contributed by atoms with Gasteiger partial charge in [0.1, 0.15) is 0 Å². The molecule has 2 rings (SSSR count). The molecule has 0 aliphatic rings. The molecule has 0 aromatic heterocycles. The average Bonchev–Trinajstić information content (AvgIpc) is 2.61. The van der Waals surface area contributed by atoms with E-state index in [2.05, 4.69) is 4.99 Å². The zero-order chi connectivity index (χ0) is 18.6. The van der Waals surface area contributed by atoms with Crippen LogP contribution in [-0.2, 0) is 0 Å². The fourth-order valence-electron chi connectivity index (χ4n) is 2.31. The number of hydrogen-bond donors (Lipinski definition) is 0. The summed E-state index contributed by atoms with van der Waals surface area (Å²) in [6, 6.07) is 8.68. The Balaban J connectivity index is 2.42. The molecule has 0 saturated carbocycles. The lowest BCUT2D eigenvalue weighted by Gasteiger charge is -2.22. The smallest absolute Gasteiger partial charge is 0.167 e. The Bertz CT molecular complexity index is 780. The highest BCUT2D eigenvalue weighted by Crippen LogP contribution is 2.39. The van der Waals surface area contributed by atoms with Gasteiger partial charge < -0.3 is 14.5 Å². The fraction of sp³-hybridized carbons (Fsp3) is 0.316. The molecule has 0 saturated heterocycles. The molecule has 0 amide bonds. The lowest BCUT2D eigenvalue weighted by molar-refractivity contribution is 0.386. The molecule has 134 valence electrons. The van der Waals surface area contributed by atoms with Crippen LogP contribution in [0.5, 0.6) is 5.75 Å². The summed E-state index contributed by atoms with van der Waals surface area (Å²) in [6.07, 6.45) is 1.75. The molecule has 0 bridgehead atoms. The van der Waals surface area contributed by atoms with Crippen LogP contribution in [0.2, 0.25) is 5.02 Å². The minimum atomic E-state index is -0.418. The summed E-state index contributed by atoms with van der Waals surface area (Å²) in [5.41, 5.74) is 3.13. The first kappa shape index (κ1) is 19.1. The molecule has 0 heterocycles. The highest BCUT2D eigenvalue weighted by Gasteiger charge is 2.14. The maximum atomic E-state index is 14.0. The summed E-state index contributed by atoms with van der Waals surface area (Å²) in [4.78, 5) is 8.26. The number of ether oxygens (including phenoxy) is 1. The van der Waals surface area contributed by atoms with Crippen molar-refractivity contribution in [2.24, 2.45) is 4.99 Å². The van der Waals surface area contributed by atoms with Gasteiger partial charge in [-0.2, -0.15) is 0 Å². The molecule has 2 aromatic rings. The van der Waals surface area contributed by atoms with Gasteiger partial charge in [0.25, 0.3) is 0 Å². The third-order valence-electron chi connectivity index (χ3n) is 3.96. The first-order valence-electron chi connectivity index (χ1n) is 7.99. The van der Waals surface area contributed by atoms with E-state index in [0.29, 0.717) is 16.4 Å². The van der Waals surface area contributed by atoms with Crippen LogP contribution < -0.4 is 9.64 Å². The number of hydrogen-bond acceptors (Lipinski definition) is 3. The molecule has 0 fully saturated rings. The Morgan fingerprint density at radius 3 is 2.56 bits per heavy atom. The van der Waals surface area contributed by atoms with Gasteiger partial charge in [-0.1, -0.05) is 11.6 Å². The van der Waals surface area contributed by atoms with Crippen LogP contribution in [0, 0.1) is 12.7 Å². The summed E-state index contributed by atoms with van der Waals surface area (Å²) in [5, 5.41) is 0.519. The number of anilines is 2. The van der Waals surface area contributed by atoms with Gasteiger partial charge in [0, 0.05) is 32.4 Å². The van der Waals surface area contributed by atoms with E-state index in [9.17, 15) is 4.39 Å². The normalized spacial score (nSPS) is 11.0. The van der Waals surface area contributed by atoms with Crippen LogP contribution in [0.4, 0.5) is 21.5 Å². The topological polar surface area (TPSA) is 28.1 Å². The first-order valence-corrected chi connectivity index (χ1v) is 8.37. The van der Waals surface area contributed by atoms with Crippen molar-refractivity contribution >= 4 is 35.0 Å². The van der Waals surface area contributed by atoms with Gasteiger partial charge in [-0.25, -0.2) is 9.38 Å². The van der Waals surface area contributed by atoms with E-state index in [4.69, 9.17) is 16.3 Å². The molecule has 6 heteroatoms. The molecule has 0 aliphatic heterocycles. The van der Waals surface area contributed by atoms with Crippen molar-refractivity contribution < 1.29 is 9.13 Å². The Morgan fingerprint density at radius 1 is 1.24 bits per heavy atom. The van der Waals surface area contributed by atoms with Crippen molar-refractivity contribution in [2.45, 2.75) is 13.8 Å².